The standard InChI is InChI=1S/C12H18N4O3S/c13-10-4-3-9(20(14,18)19)7-11(10)15-5-6-16-12(17)8-1-2-8/h3-4,7-8,15H,1-2,5-6,13H2,(H,16,17)(H2,14,18,19). The predicted molar refractivity (Wildman–Crippen MR) is 76.5 cm³/mol. The number of benzene rings is 1. The van der Waals surface area contributed by atoms with Crippen LogP contribution >= 0.6 is 0 Å². The molecule has 0 unspecified atom stereocenters. The summed E-state index contributed by atoms with van der Waals surface area (Å²) < 4.78 is 22.5. The first kappa shape index (κ1) is 14.6. The Labute approximate surface area is 117 Å². The molecule has 0 aliphatic heterocycles. The third-order valence-corrected chi connectivity index (χ3v) is 3.95. The molecule has 1 aromatic rings. The zero-order valence-electron chi connectivity index (χ0n) is 10.9. The van der Waals surface area contributed by atoms with Gasteiger partial charge in [0.1, 0.15) is 0 Å². The highest BCUT2D eigenvalue weighted by atomic mass is 32.2. The van der Waals surface area contributed by atoms with Crippen molar-refractivity contribution in [3.63, 3.8) is 0 Å². The summed E-state index contributed by atoms with van der Waals surface area (Å²) in [6.07, 6.45) is 1.92. The molecule has 7 nitrogen and oxygen atoms in total. The number of carbonyl (C=O) groups is 1. The summed E-state index contributed by atoms with van der Waals surface area (Å²) in [6, 6.07) is 4.21. The normalized spacial score (nSPS) is 14.8. The van der Waals surface area contributed by atoms with Gasteiger partial charge < -0.3 is 16.4 Å². The third kappa shape index (κ3) is 3.84. The van der Waals surface area contributed by atoms with Crippen LogP contribution in [0.1, 0.15) is 12.8 Å². The van der Waals surface area contributed by atoms with Crippen LogP contribution in [0.25, 0.3) is 0 Å². The molecule has 1 aromatic carbocycles. The fourth-order valence-electron chi connectivity index (χ4n) is 1.74. The van der Waals surface area contributed by atoms with Crippen LogP contribution in [0.3, 0.4) is 0 Å². The molecule has 0 radical (unpaired) electrons. The van der Waals surface area contributed by atoms with Crippen molar-refractivity contribution in [2.45, 2.75) is 17.7 Å². The largest absolute Gasteiger partial charge is 0.397 e. The van der Waals surface area contributed by atoms with E-state index >= 15 is 0 Å². The van der Waals surface area contributed by atoms with Crippen LogP contribution in [-0.2, 0) is 14.8 Å². The molecule has 0 bridgehead atoms. The van der Waals surface area contributed by atoms with Gasteiger partial charge >= 0.3 is 0 Å². The van der Waals surface area contributed by atoms with Crippen molar-refractivity contribution >= 4 is 27.3 Å². The molecule has 1 amide bonds. The molecule has 8 heteroatoms. The lowest BCUT2D eigenvalue weighted by Crippen LogP contribution is -2.30. The van der Waals surface area contributed by atoms with Gasteiger partial charge in [0, 0.05) is 19.0 Å². The maximum Gasteiger partial charge on any atom is 0.238 e. The van der Waals surface area contributed by atoms with E-state index in [0.717, 1.165) is 12.8 Å². The van der Waals surface area contributed by atoms with Crippen molar-refractivity contribution < 1.29 is 13.2 Å². The number of nitrogens with two attached hydrogens (primary N) is 2. The SMILES string of the molecule is Nc1ccc(S(N)(=O)=O)cc1NCCNC(=O)C1CC1. The number of rotatable bonds is 6. The van der Waals surface area contributed by atoms with E-state index in [1.54, 1.807) is 0 Å². The van der Waals surface area contributed by atoms with Crippen molar-refractivity contribution in [1.29, 1.82) is 0 Å². The molecule has 1 aliphatic rings. The summed E-state index contributed by atoms with van der Waals surface area (Å²) in [6.45, 7) is 0.908. The van der Waals surface area contributed by atoms with Crippen LogP contribution < -0.4 is 21.5 Å². The number of nitrogens with one attached hydrogen (secondary N) is 2. The zero-order valence-corrected chi connectivity index (χ0v) is 11.7. The van der Waals surface area contributed by atoms with E-state index in [1.807, 2.05) is 0 Å². The minimum absolute atomic E-state index is 0.00350. The molecule has 20 heavy (non-hydrogen) atoms. The number of hydrogen-bond acceptors (Lipinski definition) is 5. The van der Waals surface area contributed by atoms with E-state index in [4.69, 9.17) is 10.9 Å². The fourth-order valence-corrected chi connectivity index (χ4v) is 2.28. The Balaban J connectivity index is 1.89. The Morgan fingerprint density at radius 2 is 2.00 bits per heavy atom. The average Bonchev–Trinajstić information content (AvgIpc) is 3.19. The zero-order chi connectivity index (χ0) is 14.8. The molecule has 6 N–H and O–H groups in total. The van der Waals surface area contributed by atoms with Gasteiger partial charge in [-0.05, 0) is 31.0 Å². The van der Waals surface area contributed by atoms with Gasteiger partial charge in [0.2, 0.25) is 15.9 Å². The summed E-state index contributed by atoms with van der Waals surface area (Å²) in [4.78, 5) is 11.4. The van der Waals surface area contributed by atoms with Gasteiger partial charge in [-0.1, -0.05) is 0 Å². The van der Waals surface area contributed by atoms with Gasteiger partial charge in [-0.2, -0.15) is 0 Å². The maximum atomic E-state index is 11.4. The van der Waals surface area contributed by atoms with E-state index in [0.29, 0.717) is 24.5 Å². The van der Waals surface area contributed by atoms with Gasteiger partial charge in [0.05, 0.1) is 16.3 Å². The highest BCUT2D eigenvalue weighted by molar-refractivity contribution is 7.89. The first-order valence-corrected chi connectivity index (χ1v) is 7.86. The summed E-state index contributed by atoms with van der Waals surface area (Å²) in [5.41, 5.74) is 6.65. The molecule has 1 aliphatic carbocycles. The van der Waals surface area contributed by atoms with Crippen LogP contribution in [-0.4, -0.2) is 27.4 Å². The lowest BCUT2D eigenvalue weighted by Gasteiger charge is -2.11. The Hall–Kier alpha value is -1.80. The topological polar surface area (TPSA) is 127 Å². The molecule has 110 valence electrons. The van der Waals surface area contributed by atoms with Crippen LogP contribution in [0.5, 0.6) is 0 Å². The Kier molecular flexibility index (Phi) is 4.15. The van der Waals surface area contributed by atoms with Crippen molar-refractivity contribution in [2.75, 3.05) is 24.1 Å². The van der Waals surface area contributed by atoms with E-state index < -0.39 is 10.0 Å². The summed E-state index contributed by atoms with van der Waals surface area (Å²) in [5.74, 6) is 0.240. The van der Waals surface area contributed by atoms with Gasteiger partial charge in [0.25, 0.3) is 0 Å². The molecular weight excluding hydrogens is 280 g/mol. The lowest BCUT2D eigenvalue weighted by molar-refractivity contribution is -0.122. The second kappa shape index (κ2) is 5.68. The second-order valence-corrected chi connectivity index (χ2v) is 6.35. The minimum Gasteiger partial charge on any atom is -0.397 e. The molecule has 0 spiro atoms. The first-order chi connectivity index (χ1) is 9.38. The van der Waals surface area contributed by atoms with E-state index in [9.17, 15) is 13.2 Å². The van der Waals surface area contributed by atoms with Crippen molar-refractivity contribution in [3.05, 3.63) is 18.2 Å². The molecule has 0 saturated heterocycles. The van der Waals surface area contributed by atoms with Crippen LogP contribution in [0.4, 0.5) is 11.4 Å². The number of anilines is 2. The third-order valence-electron chi connectivity index (χ3n) is 3.04. The van der Waals surface area contributed by atoms with Gasteiger partial charge in [-0.3, -0.25) is 4.79 Å². The molecule has 0 aromatic heterocycles. The molecule has 2 rings (SSSR count). The monoisotopic (exact) mass is 298 g/mol. The summed E-state index contributed by atoms with van der Waals surface area (Å²) in [5, 5.41) is 10.8. The van der Waals surface area contributed by atoms with E-state index in [2.05, 4.69) is 10.6 Å². The Bertz CT molecular complexity index is 611. The number of carbonyl (C=O) groups excluding carboxylic acids is 1. The van der Waals surface area contributed by atoms with E-state index in [-0.39, 0.29) is 16.7 Å². The number of sulfonamides is 1. The van der Waals surface area contributed by atoms with Gasteiger partial charge in [-0.15, -0.1) is 0 Å². The van der Waals surface area contributed by atoms with Crippen LogP contribution in [0.15, 0.2) is 23.1 Å². The van der Waals surface area contributed by atoms with Crippen molar-refractivity contribution in [2.24, 2.45) is 11.1 Å². The highest BCUT2D eigenvalue weighted by Gasteiger charge is 2.28. The highest BCUT2D eigenvalue weighted by Crippen LogP contribution is 2.28. The summed E-state index contributed by atoms with van der Waals surface area (Å²) >= 11 is 0. The smallest absolute Gasteiger partial charge is 0.238 e. The number of amides is 1. The Morgan fingerprint density at radius 3 is 2.60 bits per heavy atom. The first-order valence-electron chi connectivity index (χ1n) is 6.32. The number of primary sulfonamides is 1. The van der Waals surface area contributed by atoms with E-state index in [1.165, 1.54) is 18.2 Å². The average molecular weight is 298 g/mol. The van der Waals surface area contributed by atoms with Crippen LogP contribution in [0.2, 0.25) is 0 Å². The quantitative estimate of drug-likeness (QED) is 0.429. The van der Waals surface area contributed by atoms with Crippen molar-refractivity contribution in [3.8, 4) is 0 Å². The fraction of sp³-hybridized carbons (Fsp3) is 0.417. The predicted octanol–water partition coefficient (Wildman–Crippen LogP) is -0.146. The minimum atomic E-state index is -3.75. The summed E-state index contributed by atoms with van der Waals surface area (Å²) in [7, 11) is -3.75. The number of nitrogen functional groups attached to an aromatic ring is 1. The lowest BCUT2D eigenvalue weighted by atomic mass is 10.2. The number of hydrogen-bond donors (Lipinski definition) is 4. The molecule has 0 heterocycles. The molecule has 1 fully saturated rings. The van der Waals surface area contributed by atoms with Crippen molar-refractivity contribution in [1.82, 2.24) is 5.32 Å². The second-order valence-electron chi connectivity index (χ2n) is 4.79. The van der Waals surface area contributed by atoms with Crippen LogP contribution in [0, 0.1) is 5.92 Å². The molecular formula is C12H18N4O3S. The van der Waals surface area contributed by atoms with Gasteiger partial charge in [0.15, 0.2) is 0 Å². The molecule has 1 saturated carbocycles. The Morgan fingerprint density at radius 1 is 1.30 bits per heavy atom. The molecule has 0 atom stereocenters. The van der Waals surface area contributed by atoms with Gasteiger partial charge in [-0.25, -0.2) is 13.6 Å². The maximum absolute atomic E-state index is 11.4.